The third-order valence-electron chi connectivity index (χ3n) is 6.84. The van der Waals surface area contributed by atoms with Crippen molar-refractivity contribution in [1.29, 1.82) is 0 Å². The number of aromatic nitrogens is 1. The van der Waals surface area contributed by atoms with Crippen LogP contribution in [0.2, 0.25) is 0 Å². The molecule has 9 nitrogen and oxygen atoms in total. The largest absolute Gasteiger partial charge is 0.375 e. The van der Waals surface area contributed by atoms with Gasteiger partial charge < -0.3 is 24.0 Å². The predicted octanol–water partition coefficient (Wildman–Crippen LogP) is 0.865. The van der Waals surface area contributed by atoms with Gasteiger partial charge in [-0.25, -0.2) is 4.79 Å². The minimum absolute atomic E-state index is 0.0716. The van der Waals surface area contributed by atoms with Gasteiger partial charge in [-0.15, -0.1) is 0 Å². The molecule has 9 heteroatoms. The van der Waals surface area contributed by atoms with Crippen molar-refractivity contribution >= 4 is 11.9 Å². The maximum Gasteiger partial charge on any atom is 0.324 e. The number of imide groups is 1. The van der Waals surface area contributed by atoms with Gasteiger partial charge in [0, 0.05) is 64.0 Å². The maximum absolute atomic E-state index is 12.9. The zero-order chi connectivity index (χ0) is 22.5. The van der Waals surface area contributed by atoms with Crippen molar-refractivity contribution in [3.8, 4) is 0 Å². The molecule has 0 radical (unpaired) electrons. The summed E-state index contributed by atoms with van der Waals surface area (Å²) in [7, 11) is 2.17. The van der Waals surface area contributed by atoms with Crippen molar-refractivity contribution in [2.45, 2.75) is 57.4 Å². The van der Waals surface area contributed by atoms with Gasteiger partial charge in [-0.05, 0) is 38.8 Å². The zero-order valence-electron chi connectivity index (χ0n) is 19.0. The average molecular weight is 446 g/mol. The lowest BCUT2D eigenvalue weighted by Crippen LogP contribution is -2.49. The van der Waals surface area contributed by atoms with Crippen molar-refractivity contribution < 1.29 is 14.3 Å². The Balaban J connectivity index is 1.23. The normalized spacial score (nSPS) is 22.3. The minimum atomic E-state index is -0.429. The van der Waals surface area contributed by atoms with Gasteiger partial charge >= 0.3 is 6.03 Å². The quantitative estimate of drug-likeness (QED) is 0.670. The van der Waals surface area contributed by atoms with Crippen LogP contribution in [0.15, 0.2) is 23.1 Å². The molecule has 3 amide bonds. The van der Waals surface area contributed by atoms with Gasteiger partial charge in [0.05, 0.1) is 18.8 Å². The molecule has 0 bridgehead atoms. The second-order valence-corrected chi connectivity index (χ2v) is 9.24. The fourth-order valence-corrected chi connectivity index (χ4v) is 4.75. The van der Waals surface area contributed by atoms with Crippen LogP contribution in [0.4, 0.5) is 4.79 Å². The molecular weight excluding hydrogens is 410 g/mol. The summed E-state index contributed by atoms with van der Waals surface area (Å²) < 4.78 is 8.07. The lowest BCUT2D eigenvalue weighted by Gasteiger charge is -2.36. The highest BCUT2D eigenvalue weighted by atomic mass is 16.5. The van der Waals surface area contributed by atoms with Crippen LogP contribution in [0.5, 0.6) is 0 Å². The van der Waals surface area contributed by atoms with Gasteiger partial charge in [-0.3, -0.25) is 14.9 Å². The van der Waals surface area contributed by atoms with Crippen molar-refractivity contribution in [2.24, 2.45) is 0 Å². The molecular formula is C23H35N5O4. The zero-order valence-corrected chi connectivity index (χ0v) is 19.0. The molecule has 4 rings (SSSR count). The minimum Gasteiger partial charge on any atom is -0.375 e. The number of hydrogen-bond acceptors (Lipinski definition) is 6. The van der Waals surface area contributed by atoms with E-state index in [0.717, 1.165) is 58.4 Å². The van der Waals surface area contributed by atoms with E-state index >= 15 is 0 Å². The van der Waals surface area contributed by atoms with E-state index in [-0.39, 0.29) is 24.4 Å². The highest BCUT2D eigenvalue weighted by Gasteiger charge is 2.26. The first-order valence-electron chi connectivity index (χ1n) is 11.8. The molecule has 1 aromatic heterocycles. The van der Waals surface area contributed by atoms with E-state index in [9.17, 15) is 14.4 Å². The van der Waals surface area contributed by atoms with Crippen LogP contribution < -0.4 is 10.9 Å². The first kappa shape index (κ1) is 22.9. The number of pyridine rings is 1. The van der Waals surface area contributed by atoms with Crippen LogP contribution in [-0.4, -0.2) is 89.7 Å². The first-order chi connectivity index (χ1) is 15.5. The molecule has 1 N–H and O–H groups in total. The van der Waals surface area contributed by atoms with Crippen LogP contribution in [0, 0.1) is 0 Å². The van der Waals surface area contributed by atoms with Gasteiger partial charge in [-0.1, -0.05) is 6.07 Å². The summed E-state index contributed by atoms with van der Waals surface area (Å²) in [6, 6.07) is 3.18. The molecule has 3 saturated heterocycles. The third-order valence-corrected chi connectivity index (χ3v) is 6.84. The van der Waals surface area contributed by atoms with Crippen LogP contribution in [0.25, 0.3) is 0 Å². The summed E-state index contributed by atoms with van der Waals surface area (Å²) in [5.74, 6) is -0.266. The Labute approximate surface area is 189 Å². The molecule has 3 fully saturated rings. The number of carbonyl (C=O) groups is 2. The molecule has 0 atom stereocenters. The van der Waals surface area contributed by atoms with Crippen molar-refractivity contribution in [3.05, 3.63) is 34.2 Å². The lowest BCUT2D eigenvalue weighted by atomic mass is 10.0. The van der Waals surface area contributed by atoms with Gasteiger partial charge in [-0.2, -0.15) is 0 Å². The van der Waals surface area contributed by atoms with E-state index in [0.29, 0.717) is 30.9 Å². The number of rotatable bonds is 7. The smallest absolute Gasteiger partial charge is 0.324 e. The maximum atomic E-state index is 12.9. The van der Waals surface area contributed by atoms with Crippen molar-refractivity contribution in [2.75, 3.05) is 46.3 Å². The number of nitrogens with one attached hydrogen (secondary N) is 1. The molecule has 32 heavy (non-hydrogen) atoms. The SMILES string of the molecule is CN1CCC(OC2CCN(CCn3cccc(CN4CCC(=O)NC4=O)c3=O)CC2)CC1. The van der Waals surface area contributed by atoms with Gasteiger partial charge in [0.2, 0.25) is 5.91 Å². The Hall–Kier alpha value is -2.23. The second-order valence-electron chi connectivity index (χ2n) is 9.24. The Morgan fingerprint density at radius 2 is 1.66 bits per heavy atom. The Morgan fingerprint density at radius 1 is 0.969 bits per heavy atom. The molecule has 1 aromatic rings. The number of piperidine rings is 2. The topological polar surface area (TPSA) is 87.1 Å². The van der Waals surface area contributed by atoms with Crippen LogP contribution in [0.3, 0.4) is 0 Å². The number of carbonyl (C=O) groups excluding carboxylic acids is 2. The van der Waals surface area contributed by atoms with E-state index in [4.69, 9.17) is 4.74 Å². The molecule has 4 heterocycles. The molecule has 176 valence electrons. The van der Waals surface area contributed by atoms with Gasteiger partial charge in [0.15, 0.2) is 0 Å². The van der Waals surface area contributed by atoms with Crippen LogP contribution in [-0.2, 0) is 22.6 Å². The molecule has 0 spiro atoms. The van der Waals surface area contributed by atoms with E-state index in [1.54, 1.807) is 10.6 Å². The van der Waals surface area contributed by atoms with Gasteiger partial charge in [0.1, 0.15) is 0 Å². The number of nitrogens with zero attached hydrogens (tertiary/aromatic N) is 4. The highest BCUT2D eigenvalue weighted by molar-refractivity contribution is 5.96. The Morgan fingerprint density at radius 3 is 2.34 bits per heavy atom. The highest BCUT2D eigenvalue weighted by Crippen LogP contribution is 2.20. The Kier molecular flexibility index (Phi) is 7.59. The standard InChI is InChI=1S/C23H35N5O4/c1-25-10-4-19(5-11-25)32-20-6-12-26(13-7-20)15-16-27-9-2-3-18(22(27)30)17-28-14-8-21(29)24-23(28)31/h2-3,9,19-20H,4-8,10-17H2,1H3,(H,24,29,31). The summed E-state index contributed by atoms with van der Waals surface area (Å²) in [5.41, 5.74) is 0.500. The predicted molar refractivity (Wildman–Crippen MR) is 120 cm³/mol. The summed E-state index contributed by atoms with van der Waals surface area (Å²) in [6.45, 7) is 6.24. The fraction of sp³-hybridized carbons (Fsp3) is 0.696. The van der Waals surface area contributed by atoms with E-state index in [2.05, 4.69) is 22.2 Å². The summed E-state index contributed by atoms with van der Waals surface area (Å²) in [5, 5.41) is 2.30. The number of urea groups is 1. The van der Waals surface area contributed by atoms with Crippen molar-refractivity contribution in [1.82, 2.24) is 24.6 Å². The number of likely N-dealkylation sites (tertiary alicyclic amines) is 2. The molecule has 3 aliphatic rings. The average Bonchev–Trinajstić information content (AvgIpc) is 2.78. The first-order valence-corrected chi connectivity index (χ1v) is 11.8. The molecule has 0 saturated carbocycles. The Bertz CT molecular complexity index is 856. The van der Waals surface area contributed by atoms with E-state index in [1.165, 1.54) is 4.90 Å². The summed E-state index contributed by atoms with van der Waals surface area (Å²) in [6.07, 6.45) is 7.19. The molecule has 3 aliphatic heterocycles. The lowest BCUT2D eigenvalue weighted by molar-refractivity contribution is -0.121. The second kappa shape index (κ2) is 10.6. The summed E-state index contributed by atoms with van der Waals surface area (Å²) >= 11 is 0. The van der Waals surface area contributed by atoms with E-state index < -0.39 is 6.03 Å². The number of hydrogen-bond donors (Lipinski definition) is 1. The fourth-order valence-electron chi connectivity index (χ4n) is 4.75. The molecule has 0 aliphatic carbocycles. The van der Waals surface area contributed by atoms with Crippen LogP contribution in [0.1, 0.15) is 37.7 Å². The molecule has 0 unspecified atom stereocenters. The monoisotopic (exact) mass is 445 g/mol. The van der Waals surface area contributed by atoms with Gasteiger partial charge in [0.25, 0.3) is 5.56 Å². The number of ether oxygens (including phenoxy) is 1. The third kappa shape index (κ3) is 5.96. The van der Waals surface area contributed by atoms with Crippen molar-refractivity contribution in [3.63, 3.8) is 0 Å². The summed E-state index contributed by atoms with van der Waals surface area (Å²) in [4.78, 5) is 42.4. The molecule has 0 aromatic carbocycles. The van der Waals surface area contributed by atoms with Crippen LogP contribution >= 0.6 is 0 Å². The van der Waals surface area contributed by atoms with E-state index in [1.807, 2.05) is 12.3 Å². The number of amides is 3.